The van der Waals surface area contributed by atoms with Crippen molar-refractivity contribution in [3.8, 4) is 5.88 Å². The van der Waals surface area contributed by atoms with E-state index in [1.807, 2.05) is 18.2 Å². The molecule has 0 aliphatic heterocycles. The number of amides is 1. The molecule has 0 aliphatic carbocycles. The van der Waals surface area contributed by atoms with Crippen LogP contribution in [0.2, 0.25) is 10.0 Å². The van der Waals surface area contributed by atoms with E-state index >= 15 is 0 Å². The van der Waals surface area contributed by atoms with Crippen molar-refractivity contribution in [2.45, 2.75) is 0 Å². The lowest BCUT2D eigenvalue weighted by molar-refractivity contribution is -0.118. The molecule has 0 fully saturated rings. The fraction of sp³-hybridized carbons (Fsp3) is 0.0625. The summed E-state index contributed by atoms with van der Waals surface area (Å²) in [6, 6.07) is 10.5. The van der Waals surface area contributed by atoms with Crippen LogP contribution in [0.1, 0.15) is 0 Å². The largest absolute Gasteiger partial charge is 0.467 e. The zero-order chi connectivity index (χ0) is 17.1. The normalized spacial score (nSPS) is 10.6. The molecular weight excluding hydrogens is 417 g/mol. The number of fused-ring (bicyclic) bond motifs is 1. The molecule has 1 amide bonds. The van der Waals surface area contributed by atoms with Crippen molar-refractivity contribution in [2.75, 3.05) is 11.9 Å². The topological polar surface area (TPSA) is 64.1 Å². The predicted octanol–water partition coefficient (Wildman–Crippen LogP) is 4.72. The van der Waals surface area contributed by atoms with Crippen molar-refractivity contribution in [3.05, 3.63) is 57.2 Å². The second-order valence-corrected chi connectivity index (χ2v) is 6.48. The minimum atomic E-state index is -0.318. The summed E-state index contributed by atoms with van der Waals surface area (Å²) < 4.78 is 6.29. The highest BCUT2D eigenvalue weighted by molar-refractivity contribution is 9.10. The van der Waals surface area contributed by atoms with E-state index in [1.165, 1.54) is 6.33 Å². The van der Waals surface area contributed by atoms with E-state index in [9.17, 15) is 4.79 Å². The Morgan fingerprint density at radius 3 is 2.79 bits per heavy atom. The molecule has 1 N–H and O–H groups in total. The van der Waals surface area contributed by atoms with Crippen LogP contribution in [0.4, 0.5) is 5.69 Å². The number of carbonyl (C=O) groups is 1. The van der Waals surface area contributed by atoms with E-state index < -0.39 is 0 Å². The van der Waals surface area contributed by atoms with Crippen molar-refractivity contribution in [3.63, 3.8) is 0 Å². The van der Waals surface area contributed by atoms with E-state index in [0.717, 1.165) is 4.47 Å². The van der Waals surface area contributed by atoms with Crippen molar-refractivity contribution in [2.24, 2.45) is 0 Å². The number of halogens is 3. The second kappa shape index (κ2) is 7.34. The van der Waals surface area contributed by atoms with Gasteiger partial charge in [0.1, 0.15) is 6.33 Å². The van der Waals surface area contributed by atoms with Crippen LogP contribution in [0, 0.1) is 0 Å². The molecule has 0 bridgehead atoms. The predicted molar refractivity (Wildman–Crippen MR) is 97.8 cm³/mol. The van der Waals surface area contributed by atoms with Crippen LogP contribution in [0.25, 0.3) is 10.9 Å². The van der Waals surface area contributed by atoms with Gasteiger partial charge in [0.2, 0.25) is 5.88 Å². The zero-order valence-corrected chi connectivity index (χ0v) is 15.2. The van der Waals surface area contributed by atoms with Gasteiger partial charge in [0.05, 0.1) is 21.6 Å². The number of nitrogens with one attached hydrogen (secondary N) is 1. The highest BCUT2D eigenvalue weighted by Crippen LogP contribution is 2.30. The molecule has 8 heteroatoms. The molecule has 0 saturated carbocycles. The third-order valence-electron chi connectivity index (χ3n) is 3.11. The third kappa shape index (κ3) is 3.77. The maximum atomic E-state index is 12.1. The molecule has 1 aromatic heterocycles. The van der Waals surface area contributed by atoms with E-state index in [0.29, 0.717) is 26.6 Å². The number of ether oxygens (including phenoxy) is 1. The number of anilines is 1. The summed E-state index contributed by atoms with van der Waals surface area (Å²) >= 11 is 15.5. The Bertz CT molecular complexity index is 921. The van der Waals surface area contributed by atoms with Crippen LogP contribution in [0.15, 0.2) is 47.2 Å². The fourth-order valence-corrected chi connectivity index (χ4v) is 2.99. The van der Waals surface area contributed by atoms with Crippen molar-refractivity contribution >= 4 is 61.6 Å². The van der Waals surface area contributed by atoms with Crippen LogP contribution < -0.4 is 10.1 Å². The number of hydrogen-bond donors (Lipinski definition) is 1. The smallest absolute Gasteiger partial charge is 0.262 e. The number of hydrogen-bond acceptors (Lipinski definition) is 4. The standard InChI is InChI=1S/C16H10BrCl2N3O2/c17-11-3-1-2-4-13(11)22-14(23)7-24-16-10-5-9(18)6-12(19)15(10)20-8-21-16/h1-6,8H,7H2,(H,22,23). The van der Waals surface area contributed by atoms with Gasteiger partial charge in [-0.3, -0.25) is 4.79 Å². The lowest BCUT2D eigenvalue weighted by Crippen LogP contribution is -2.20. The number of para-hydroxylation sites is 1. The summed E-state index contributed by atoms with van der Waals surface area (Å²) in [6.07, 6.45) is 1.32. The first-order chi connectivity index (χ1) is 11.5. The van der Waals surface area contributed by atoms with E-state index in [1.54, 1.807) is 18.2 Å². The molecule has 0 atom stereocenters. The molecular formula is C16H10BrCl2N3O2. The van der Waals surface area contributed by atoms with Gasteiger partial charge in [-0.2, -0.15) is 0 Å². The quantitative estimate of drug-likeness (QED) is 0.655. The maximum Gasteiger partial charge on any atom is 0.262 e. The summed E-state index contributed by atoms with van der Waals surface area (Å²) in [5.74, 6) is -0.0755. The van der Waals surface area contributed by atoms with Gasteiger partial charge in [0.15, 0.2) is 6.61 Å². The van der Waals surface area contributed by atoms with Crippen LogP contribution in [-0.2, 0) is 4.79 Å². The summed E-state index contributed by atoms with van der Waals surface area (Å²) in [5.41, 5.74) is 1.17. The van der Waals surface area contributed by atoms with E-state index in [2.05, 4.69) is 31.2 Å². The first kappa shape index (κ1) is 17.0. The Balaban J connectivity index is 1.76. The number of aromatic nitrogens is 2. The minimum Gasteiger partial charge on any atom is -0.467 e. The molecule has 5 nitrogen and oxygen atoms in total. The minimum absolute atomic E-state index is 0.211. The molecule has 0 saturated heterocycles. The van der Waals surface area contributed by atoms with Gasteiger partial charge < -0.3 is 10.1 Å². The van der Waals surface area contributed by atoms with Gasteiger partial charge in [-0.05, 0) is 40.2 Å². The highest BCUT2D eigenvalue weighted by Gasteiger charge is 2.12. The average Bonchev–Trinajstić information content (AvgIpc) is 2.55. The van der Waals surface area contributed by atoms with E-state index in [4.69, 9.17) is 27.9 Å². The van der Waals surface area contributed by atoms with Crippen LogP contribution in [-0.4, -0.2) is 22.5 Å². The Labute approximate surface area is 156 Å². The van der Waals surface area contributed by atoms with Gasteiger partial charge in [-0.15, -0.1) is 0 Å². The van der Waals surface area contributed by atoms with Crippen LogP contribution in [0.3, 0.4) is 0 Å². The maximum absolute atomic E-state index is 12.1. The molecule has 0 spiro atoms. The third-order valence-corrected chi connectivity index (χ3v) is 4.31. The summed E-state index contributed by atoms with van der Waals surface area (Å²) in [6.45, 7) is -0.211. The van der Waals surface area contributed by atoms with Gasteiger partial charge in [0.25, 0.3) is 5.91 Å². The Morgan fingerprint density at radius 1 is 1.21 bits per heavy atom. The molecule has 0 aliphatic rings. The van der Waals surface area contributed by atoms with Crippen molar-refractivity contribution in [1.29, 1.82) is 0 Å². The fourth-order valence-electron chi connectivity index (χ4n) is 2.07. The van der Waals surface area contributed by atoms with Gasteiger partial charge >= 0.3 is 0 Å². The Kier molecular flexibility index (Phi) is 5.18. The highest BCUT2D eigenvalue weighted by atomic mass is 79.9. The number of nitrogens with zero attached hydrogens (tertiary/aromatic N) is 2. The number of rotatable bonds is 4. The summed E-state index contributed by atoms with van der Waals surface area (Å²) in [7, 11) is 0. The SMILES string of the molecule is O=C(COc1ncnc2c(Cl)cc(Cl)cc12)Nc1ccccc1Br. The first-order valence-corrected chi connectivity index (χ1v) is 8.36. The Morgan fingerprint density at radius 2 is 2.00 bits per heavy atom. The lowest BCUT2D eigenvalue weighted by atomic mass is 10.2. The monoisotopic (exact) mass is 425 g/mol. The Hall–Kier alpha value is -1.89. The lowest BCUT2D eigenvalue weighted by Gasteiger charge is -2.10. The summed E-state index contributed by atoms with van der Waals surface area (Å²) in [4.78, 5) is 20.2. The first-order valence-electron chi connectivity index (χ1n) is 6.81. The molecule has 122 valence electrons. The molecule has 2 aromatic carbocycles. The zero-order valence-electron chi connectivity index (χ0n) is 12.1. The summed E-state index contributed by atoms with van der Waals surface area (Å²) in [5, 5.41) is 4.12. The van der Waals surface area contributed by atoms with Gasteiger partial charge in [0, 0.05) is 9.50 Å². The van der Waals surface area contributed by atoms with Gasteiger partial charge in [-0.1, -0.05) is 35.3 Å². The molecule has 0 unspecified atom stereocenters. The molecule has 0 radical (unpaired) electrons. The molecule has 3 rings (SSSR count). The van der Waals surface area contributed by atoms with E-state index in [-0.39, 0.29) is 18.4 Å². The van der Waals surface area contributed by atoms with Crippen LogP contribution in [0.5, 0.6) is 5.88 Å². The number of benzene rings is 2. The molecule has 3 aromatic rings. The molecule has 24 heavy (non-hydrogen) atoms. The number of carbonyl (C=O) groups excluding carboxylic acids is 1. The van der Waals surface area contributed by atoms with Crippen molar-refractivity contribution in [1.82, 2.24) is 9.97 Å². The van der Waals surface area contributed by atoms with Crippen LogP contribution >= 0.6 is 39.1 Å². The second-order valence-electron chi connectivity index (χ2n) is 4.78. The van der Waals surface area contributed by atoms with Gasteiger partial charge in [-0.25, -0.2) is 9.97 Å². The molecule has 1 heterocycles. The average molecular weight is 427 g/mol. The van der Waals surface area contributed by atoms with Crippen molar-refractivity contribution < 1.29 is 9.53 Å².